The molecule has 0 saturated carbocycles. The second-order valence-corrected chi connectivity index (χ2v) is 2.58. The number of nitrogens with zero attached hydrogens (tertiary/aromatic N) is 2. The maximum absolute atomic E-state index is 13.1. The van der Waals surface area contributed by atoms with Gasteiger partial charge in [-0.1, -0.05) is 34.8 Å². The number of allylic oxidation sites excluding steroid dienone is 1. The minimum absolute atomic E-state index is 0.384. The van der Waals surface area contributed by atoms with Gasteiger partial charge in [-0.3, -0.25) is 0 Å². The summed E-state index contributed by atoms with van der Waals surface area (Å²) in [7, 11) is 0. The van der Waals surface area contributed by atoms with Crippen LogP contribution in [0.4, 0.5) is 4.48 Å². The van der Waals surface area contributed by atoms with Crippen molar-refractivity contribution in [3.05, 3.63) is 42.0 Å². The number of hydrogen-bond donors (Lipinski definition) is 1. The second-order valence-electron chi connectivity index (χ2n) is 2.58. The highest BCUT2D eigenvalue weighted by molar-refractivity contribution is 5.84. The number of rotatable bonds is 1. The molecule has 0 spiro atoms. The van der Waals surface area contributed by atoms with Gasteiger partial charge in [0.05, 0.1) is 6.21 Å². The SMILES string of the molecule is FN1NN=CC=C1c1ccccc1. The molecule has 1 aliphatic heterocycles. The van der Waals surface area contributed by atoms with Crippen molar-refractivity contribution in [1.82, 2.24) is 10.8 Å². The zero-order valence-electron chi connectivity index (χ0n) is 6.81. The van der Waals surface area contributed by atoms with Crippen molar-refractivity contribution in [2.24, 2.45) is 5.10 Å². The zero-order chi connectivity index (χ0) is 9.10. The maximum Gasteiger partial charge on any atom is 0.103 e. The lowest BCUT2D eigenvalue weighted by Crippen LogP contribution is -2.27. The van der Waals surface area contributed by atoms with E-state index in [4.69, 9.17) is 0 Å². The van der Waals surface area contributed by atoms with E-state index in [9.17, 15) is 4.48 Å². The number of nitrogens with one attached hydrogen (secondary N) is 1. The third-order valence-corrected chi connectivity index (χ3v) is 1.73. The predicted molar refractivity (Wildman–Crippen MR) is 49.0 cm³/mol. The van der Waals surface area contributed by atoms with E-state index in [2.05, 4.69) is 10.6 Å². The van der Waals surface area contributed by atoms with E-state index in [0.717, 1.165) is 5.56 Å². The van der Waals surface area contributed by atoms with Gasteiger partial charge >= 0.3 is 0 Å². The predicted octanol–water partition coefficient (Wildman–Crippen LogP) is 1.72. The van der Waals surface area contributed by atoms with Crippen molar-refractivity contribution in [3.63, 3.8) is 0 Å². The molecule has 1 heterocycles. The van der Waals surface area contributed by atoms with Crippen LogP contribution in [-0.4, -0.2) is 11.4 Å². The molecule has 0 radical (unpaired) electrons. The van der Waals surface area contributed by atoms with Gasteiger partial charge in [0, 0.05) is 5.56 Å². The van der Waals surface area contributed by atoms with Gasteiger partial charge in [0.25, 0.3) is 0 Å². The summed E-state index contributed by atoms with van der Waals surface area (Å²) in [5.74, 6) is 0. The molecular formula is C9H8FN3. The molecule has 13 heavy (non-hydrogen) atoms. The van der Waals surface area contributed by atoms with Crippen LogP contribution in [0.1, 0.15) is 5.56 Å². The second kappa shape index (κ2) is 3.26. The normalized spacial score (nSPS) is 15.2. The lowest BCUT2D eigenvalue weighted by Gasteiger charge is -2.18. The van der Waals surface area contributed by atoms with Crippen LogP contribution in [-0.2, 0) is 0 Å². The molecule has 1 aliphatic rings. The molecule has 1 N–H and O–H groups in total. The molecule has 2 rings (SSSR count). The van der Waals surface area contributed by atoms with Crippen molar-refractivity contribution < 1.29 is 4.48 Å². The first-order valence-corrected chi connectivity index (χ1v) is 3.88. The number of hydrazone groups is 1. The molecule has 0 saturated heterocycles. The van der Waals surface area contributed by atoms with Crippen molar-refractivity contribution in [2.45, 2.75) is 0 Å². The molecule has 0 amide bonds. The smallest absolute Gasteiger partial charge is 0.103 e. The van der Waals surface area contributed by atoms with Gasteiger partial charge in [-0.2, -0.15) is 10.6 Å². The van der Waals surface area contributed by atoms with Crippen LogP contribution in [0.15, 0.2) is 41.5 Å². The molecule has 0 aromatic heterocycles. The number of halogens is 1. The summed E-state index contributed by atoms with van der Waals surface area (Å²) < 4.78 is 13.1. The molecule has 66 valence electrons. The Labute approximate surface area is 75.1 Å². The van der Waals surface area contributed by atoms with Gasteiger partial charge in [0.15, 0.2) is 0 Å². The molecular weight excluding hydrogens is 169 g/mol. The van der Waals surface area contributed by atoms with Crippen LogP contribution in [0.25, 0.3) is 5.70 Å². The van der Waals surface area contributed by atoms with Gasteiger partial charge in [-0.05, 0) is 6.08 Å². The quantitative estimate of drug-likeness (QED) is 0.661. The number of benzene rings is 1. The monoisotopic (exact) mass is 177 g/mol. The van der Waals surface area contributed by atoms with Gasteiger partial charge < -0.3 is 0 Å². The highest BCUT2D eigenvalue weighted by Crippen LogP contribution is 2.18. The average Bonchev–Trinajstić information content (AvgIpc) is 2.20. The van der Waals surface area contributed by atoms with E-state index in [1.165, 1.54) is 6.21 Å². The van der Waals surface area contributed by atoms with Crippen molar-refractivity contribution in [1.29, 1.82) is 0 Å². The Kier molecular flexibility index (Phi) is 1.96. The fourth-order valence-electron chi connectivity index (χ4n) is 1.13. The fraction of sp³-hybridized carbons (Fsp3) is 0. The summed E-state index contributed by atoms with van der Waals surface area (Å²) in [5.41, 5.74) is 3.46. The van der Waals surface area contributed by atoms with Crippen molar-refractivity contribution in [2.75, 3.05) is 0 Å². The standard InChI is InChI=1S/C9H8FN3/c10-13-9(6-7-11-12-13)8-4-2-1-3-5-8/h1-7,12H. The van der Waals surface area contributed by atoms with Crippen molar-refractivity contribution in [3.8, 4) is 0 Å². The first-order chi connectivity index (χ1) is 6.38. The summed E-state index contributed by atoms with van der Waals surface area (Å²) in [5, 5.41) is 3.92. The minimum Gasteiger partial charge on any atom is -0.190 e. The lowest BCUT2D eigenvalue weighted by atomic mass is 10.1. The molecule has 0 atom stereocenters. The molecule has 3 nitrogen and oxygen atoms in total. The fourth-order valence-corrected chi connectivity index (χ4v) is 1.13. The molecule has 1 aromatic carbocycles. The Bertz CT molecular complexity index is 345. The Morgan fingerprint density at radius 3 is 2.69 bits per heavy atom. The van der Waals surface area contributed by atoms with Gasteiger partial charge in [0.1, 0.15) is 5.70 Å². The maximum atomic E-state index is 13.1. The molecule has 1 aromatic rings. The van der Waals surface area contributed by atoms with Crippen LogP contribution in [0.2, 0.25) is 0 Å². The molecule has 4 heteroatoms. The molecule has 0 bridgehead atoms. The van der Waals surface area contributed by atoms with E-state index >= 15 is 0 Å². The Hall–Kier alpha value is -1.84. The lowest BCUT2D eigenvalue weighted by molar-refractivity contribution is 0.0424. The van der Waals surface area contributed by atoms with Gasteiger partial charge in [0.2, 0.25) is 0 Å². The van der Waals surface area contributed by atoms with E-state index in [0.29, 0.717) is 10.9 Å². The minimum atomic E-state index is 0.384. The Morgan fingerprint density at radius 2 is 2.00 bits per heavy atom. The highest BCUT2D eigenvalue weighted by atomic mass is 19.2. The molecule has 0 aliphatic carbocycles. The average molecular weight is 177 g/mol. The summed E-state index contributed by atoms with van der Waals surface area (Å²) in [6, 6.07) is 9.26. The van der Waals surface area contributed by atoms with Gasteiger partial charge in [-0.25, -0.2) is 0 Å². The molecule has 0 unspecified atom stereocenters. The largest absolute Gasteiger partial charge is 0.190 e. The topological polar surface area (TPSA) is 27.6 Å². The Balaban J connectivity index is 2.35. The summed E-state index contributed by atoms with van der Waals surface area (Å²) in [6.45, 7) is 0. The van der Waals surface area contributed by atoms with E-state index in [-0.39, 0.29) is 0 Å². The first kappa shape index (κ1) is 7.79. The Morgan fingerprint density at radius 1 is 1.23 bits per heavy atom. The van der Waals surface area contributed by atoms with Crippen LogP contribution in [0, 0.1) is 0 Å². The summed E-state index contributed by atoms with van der Waals surface area (Å²) in [6.07, 6.45) is 3.12. The number of hydrogen-bond acceptors (Lipinski definition) is 3. The first-order valence-electron chi connectivity index (χ1n) is 3.88. The van der Waals surface area contributed by atoms with E-state index in [1.54, 1.807) is 6.08 Å². The van der Waals surface area contributed by atoms with Crippen LogP contribution < -0.4 is 5.53 Å². The van der Waals surface area contributed by atoms with Crippen LogP contribution >= 0.6 is 0 Å². The third kappa shape index (κ3) is 1.51. The van der Waals surface area contributed by atoms with Gasteiger partial charge in [-0.15, -0.1) is 5.23 Å². The summed E-state index contributed by atoms with van der Waals surface area (Å²) >= 11 is 0. The zero-order valence-corrected chi connectivity index (χ0v) is 6.81. The number of hydrazine groups is 1. The van der Waals surface area contributed by atoms with E-state index < -0.39 is 0 Å². The summed E-state index contributed by atoms with van der Waals surface area (Å²) in [4.78, 5) is 0. The van der Waals surface area contributed by atoms with Crippen molar-refractivity contribution >= 4 is 11.9 Å². The van der Waals surface area contributed by atoms with Crippen LogP contribution in [0.3, 0.4) is 0 Å². The molecule has 0 fully saturated rings. The van der Waals surface area contributed by atoms with Crippen LogP contribution in [0.5, 0.6) is 0 Å². The van der Waals surface area contributed by atoms with E-state index in [1.807, 2.05) is 30.3 Å². The highest BCUT2D eigenvalue weighted by Gasteiger charge is 2.11. The third-order valence-electron chi connectivity index (χ3n) is 1.73.